The highest BCUT2D eigenvalue weighted by atomic mass is 79.9. The minimum Gasteiger partial charge on any atom is -0.465 e. The van der Waals surface area contributed by atoms with Gasteiger partial charge < -0.3 is 19.5 Å². The zero-order valence-electron chi connectivity index (χ0n) is 17.2. The van der Waals surface area contributed by atoms with Crippen LogP contribution in [0.25, 0.3) is 10.9 Å². The normalized spacial score (nSPS) is 20.3. The van der Waals surface area contributed by atoms with Gasteiger partial charge in [0.1, 0.15) is 0 Å². The lowest BCUT2D eigenvalue weighted by Crippen LogP contribution is -2.54. The quantitative estimate of drug-likeness (QED) is 0.746. The van der Waals surface area contributed by atoms with Gasteiger partial charge in [0.15, 0.2) is 0 Å². The van der Waals surface area contributed by atoms with Crippen LogP contribution < -0.4 is 5.56 Å². The molecule has 1 saturated heterocycles. The lowest BCUT2D eigenvalue weighted by Gasteiger charge is -2.44. The van der Waals surface area contributed by atoms with Gasteiger partial charge in [0.25, 0.3) is 5.56 Å². The van der Waals surface area contributed by atoms with Crippen LogP contribution in [0.15, 0.2) is 33.5 Å². The van der Waals surface area contributed by atoms with Crippen LogP contribution in [0.1, 0.15) is 45.1 Å². The number of amides is 1. The topological polar surface area (TPSA) is 65.8 Å². The Kier molecular flexibility index (Phi) is 5.23. The Morgan fingerprint density at radius 3 is 2.48 bits per heavy atom. The third kappa shape index (κ3) is 3.70. The number of piperidine rings is 1. The SMILES string of the molecule is CC(C)(C)N(C(=O)O)C1CCN(CC2Cn3c(=O)ccc4ccc(Br)c2c43)CC1. The summed E-state index contributed by atoms with van der Waals surface area (Å²) in [7, 11) is 0. The van der Waals surface area contributed by atoms with Gasteiger partial charge in [0.05, 0.1) is 5.52 Å². The maximum atomic E-state index is 12.4. The Morgan fingerprint density at radius 2 is 1.86 bits per heavy atom. The molecule has 1 amide bonds. The molecule has 0 spiro atoms. The number of nitrogens with zero attached hydrogens (tertiary/aromatic N) is 3. The third-order valence-corrected chi connectivity index (χ3v) is 6.97. The number of hydrogen-bond donors (Lipinski definition) is 1. The van der Waals surface area contributed by atoms with Crippen LogP contribution in [0, 0.1) is 0 Å². The maximum Gasteiger partial charge on any atom is 0.407 e. The van der Waals surface area contributed by atoms with E-state index in [9.17, 15) is 14.7 Å². The van der Waals surface area contributed by atoms with Crippen molar-refractivity contribution in [1.82, 2.24) is 14.4 Å². The molecule has 7 heteroatoms. The van der Waals surface area contributed by atoms with E-state index >= 15 is 0 Å². The van der Waals surface area contributed by atoms with Crippen LogP contribution in [-0.4, -0.2) is 56.8 Å². The number of carbonyl (C=O) groups is 1. The van der Waals surface area contributed by atoms with E-state index in [2.05, 4.69) is 33.0 Å². The molecule has 2 aliphatic heterocycles. The second-order valence-electron chi connectivity index (χ2n) is 9.23. The van der Waals surface area contributed by atoms with Crippen LogP contribution in [0.4, 0.5) is 4.79 Å². The van der Waals surface area contributed by atoms with Crippen molar-refractivity contribution in [2.24, 2.45) is 0 Å². The first-order valence-electron chi connectivity index (χ1n) is 10.2. The van der Waals surface area contributed by atoms with Crippen molar-refractivity contribution in [3.8, 4) is 0 Å². The van der Waals surface area contributed by atoms with Crippen molar-refractivity contribution < 1.29 is 9.90 Å². The molecule has 1 fully saturated rings. The summed E-state index contributed by atoms with van der Waals surface area (Å²) >= 11 is 3.70. The smallest absolute Gasteiger partial charge is 0.407 e. The summed E-state index contributed by atoms with van der Waals surface area (Å²) < 4.78 is 2.96. The van der Waals surface area contributed by atoms with Crippen LogP contribution in [-0.2, 0) is 6.54 Å². The monoisotopic (exact) mass is 461 g/mol. The molecule has 2 aromatic rings. The Balaban J connectivity index is 1.49. The maximum absolute atomic E-state index is 12.4. The first kappa shape index (κ1) is 20.4. The van der Waals surface area contributed by atoms with Crippen LogP contribution in [0.2, 0.25) is 0 Å². The Hall–Kier alpha value is -1.86. The van der Waals surface area contributed by atoms with Gasteiger partial charge in [-0.3, -0.25) is 4.79 Å². The van der Waals surface area contributed by atoms with Crippen LogP contribution in [0.5, 0.6) is 0 Å². The minimum atomic E-state index is -0.836. The average molecular weight is 462 g/mol. The zero-order chi connectivity index (χ0) is 20.9. The van der Waals surface area contributed by atoms with Crippen molar-refractivity contribution >= 4 is 32.9 Å². The summed E-state index contributed by atoms with van der Waals surface area (Å²) in [6.45, 7) is 9.21. The first-order chi connectivity index (χ1) is 13.7. The summed E-state index contributed by atoms with van der Waals surface area (Å²) in [6.07, 6.45) is 0.848. The molecular weight excluding hydrogens is 434 g/mol. The van der Waals surface area contributed by atoms with Gasteiger partial charge in [0, 0.05) is 54.2 Å². The van der Waals surface area contributed by atoms with E-state index in [-0.39, 0.29) is 17.5 Å². The molecule has 156 valence electrons. The van der Waals surface area contributed by atoms with Crippen molar-refractivity contribution in [3.63, 3.8) is 0 Å². The second-order valence-corrected chi connectivity index (χ2v) is 10.1. The Bertz CT molecular complexity index is 1000. The van der Waals surface area contributed by atoms with Gasteiger partial charge in [0.2, 0.25) is 0 Å². The Morgan fingerprint density at radius 1 is 1.21 bits per heavy atom. The van der Waals surface area contributed by atoms with Gasteiger partial charge in [-0.05, 0) is 56.7 Å². The molecule has 1 aromatic carbocycles. The van der Waals surface area contributed by atoms with E-state index in [1.165, 1.54) is 5.56 Å². The summed E-state index contributed by atoms with van der Waals surface area (Å²) in [4.78, 5) is 28.2. The molecule has 1 unspecified atom stereocenters. The average Bonchev–Trinajstić information content (AvgIpc) is 3.02. The number of hydrogen-bond acceptors (Lipinski definition) is 3. The van der Waals surface area contributed by atoms with Crippen molar-refractivity contribution in [2.45, 2.75) is 57.7 Å². The molecule has 4 rings (SSSR count). The van der Waals surface area contributed by atoms with Crippen molar-refractivity contribution in [1.29, 1.82) is 0 Å². The molecule has 2 aliphatic rings. The highest BCUT2D eigenvalue weighted by Gasteiger charge is 2.36. The molecule has 0 saturated carbocycles. The van der Waals surface area contributed by atoms with Crippen LogP contribution >= 0.6 is 15.9 Å². The predicted octanol–water partition coefficient (Wildman–Crippen LogP) is 4.10. The van der Waals surface area contributed by atoms with Crippen molar-refractivity contribution in [2.75, 3.05) is 19.6 Å². The molecule has 3 heterocycles. The number of halogens is 1. The van der Waals surface area contributed by atoms with E-state index in [1.54, 1.807) is 11.0 Å². The second kappa shape index (κ2) is 7.43. The summed E-state index contributed by atoms with van der Waals surface area (Å²) in [5.74, 6) is 0.262. The number of rotatable bonds is 3. The molecule has 29 heavy (non-hydrogen) atoms. The third-order valence-electron chi connectivity index (χ3n) is 6.28. The highest BCUT2D eigenvalue weighted by Crippen LogP contribution is 2.38. The zero-order valence-corrected chi connectivity index (χ0v) is 18.8. The van der Waals surface area contributed by atoms with Gasteiger partial charge in [-0.2, -0.15) is 0 Å². The highest BCUT2D eigenvalue weighted by molar-refractivity contribution is 9.10. The first-order valence-corrected chi connectivity index (χ1v) is 11.0. The van der Waals surface area contributed by atoms with Crippen LogP contribution in [0.3, 0.4) is 0 Å². The number of pyridine rings is 1. The fourth-order valence-corrected chi connectivity index (χ4v) is 5.73. The van der Waals surface area contributed by atoms with E-state index in [1.807, 2.05) is 31.4 Å². The van der Waals surface area contributed by atoms with E-state index in [0.717, 1.165) is 47.9 Å². The lowest BCUT2D eigenvalue weighted by molar-refractivity contribution is 0.0410. The standard InChI is InChI=1S/C22H28BrN3O3/c1-22(2,3)26(21(28)29)16-8-10-24(11-9-16)12-15-13-25-18(27)7-5-14-4-6-17(23)19(15)20(14)25/h4-7,15-16H,8-13H2,1-3H3,(H,28,29). The molecule has 1 N–H and O–H groups in total. The lowest BCUT2D eigenvalue weighted by atomic mass is 9.95. The molecule has 6 nitrogen and oxygen atoms in total. The minimum absolute atomic E-state index is 0.0559. The fourth-order valence-electron chi connectivity index (χ4n) is 5.09. The number of carboxylic acid groups (broad SMARTS) is 1. The summed E-state index contributed by atoms with van der Waals surface area (Å²) in [5, 5.41) is 10.8. The fraction of sp³-hybridized carbons (Fsp3) is 0.545. The molecule has 1 aromatic heterocycles. The predicted molar refractivity (Wildman–Crippen MR) is 118 cm³/mol. The molecule has 0 bridgehead atoms. The number of benzene rings is 1. The van der Waals surface area contributed by atoms with Gasteiger partial charge in [-0.1, -0.05) is 22.0 Å². The van der Waals surface area contributed by atoms with E-state index in [4.69, 9.17) is 0 Å². The molecule has 0 aliphatic carbocycles. The number of likely N-dealkylation sites (tertiary alicyclic amines) is 1. The van der Waals surface area contributed by atoms with Crippen molar-refractivity contribution in [3.05, 3.63) is 44.7 Å². The van der Waals surface area contributed by atoms with E-state index < -0.39 is 11.6 Å². The largest absolute Gasteiger partial charge is 0.465 e. The Labute approximate surface area is 179 Å². The molecule has 1 atom stereocenters. The summed E-state index contributed by atoms with van der Waals surface area (Å²) in [5.41, 5.74) is 1.94. The van der Waals surface area contributed by atoms with Gasteiger partial charge >= 0.3 is 6.09 Å². The molecular formula is C22H28BrN3O3. The van der Waals surface area contributed by atoms with Gasteiger partial charge in [-0.15, -0.1) is 0 Å². The van der Waals surface area contributed by atoms with Gasteiger partial charge in [-0.25, -0.2) is 4.79 Å². The number of aromatic nitrogens is 1. The summed E-state index contributed by atoms with van der Waals surface area (Å²) in [6, 6.07) is 7.75. The van der Waals surface area contributed by atoms with E-state index in [0.29, 0.717) is 6.54 Å². The molecule has 0 radical (unpaired) electrons.